The van der Waals surface area contributed by atoms with E-state index in [1.165, 1.54) is 4.68 Å². The van der Waals surface area contributed by atoms with Gasteiger partial charge in [0.1, 0.15) is 17.0 Å². The SMILES string of the molecule is COc1ccc(Cn2nnc3c(=O)[nH]c4cc(OCCCCl)ccc4c(=O)c32)cc1. The van der Waals surface area contributed by atoms with E-state index < -0.39 is 5.56 Å². The minimum atomic E-state index is -0.490. The number of aromatic amines is 1. The Morgan fingerprint density at radius 3 is 2.60 bits per heavy atom. The topological polar surface area (TPSA) is 99.1 Å². The van der Waals surface area contributed by atoms with E-state index in [9.17, 15) is 9.59 Å². The first kappa shape index (κ1) is 19.9. The summed E-state index contributed by atoms with van der Waals surface area (Å²) >= 11 is 5.67. The summed E-state index contributed by atoms with van der Waals surface area (Å²) in [5.74, 6) is 1.77. The van der Waals surface area contributed by atoms with Crippen LogP contribution < -0.4 is 20.5 Å². The largest absolute Gasteiger partial charge is 0.497 e. The van der Waals surface area contributed by atoms with E-state index in [-0.39, 0.29) is 16.5 Å². The van der Waals surface area contributed by atoms with Gasteiger partial charge in [-0.1, -0.05) is 17.3 Å². The molecule has 0 aliphatic heterocycles. The summed E-state index contributed by atoms with van der Waals surface area (Å²) in [5.41, 5.74) is 0.596. The zero-order valence-corrected chi connectivity index (χ0v) is 17.0. The van der Waals surface area contributed by atoms with E-state index in [4.69, 9.17) is 21.1 Å². The zero-order valence-electron chi connectivity index (χ0n) is 16.2. The van der Waals surface area contributed by atoms with Crippen molar-refractivity contribution in [3.63, 3.8) is 0 Å². The van der Waals surface area contributed by atoms with Crippen LogP contribution in [0.15, 0.2) is 52.1 Å². The molecule has 0 bridgehead atoms. The maximum absolute atomic E-state index is 13.2. The Labute approximate surface area is 176 Å². The number of ether oxygens (including phenoxy) is 2. The third-order valence-electron chi connectivity index (χ3n) is 4.69. The van der Waals surface area contributed by atoms with E-state index in [0.717, 1.165) is 11.3 Å². The van der Waals surface area contributed by atoms with E-state index in [1.54, 1.807) is 25.3 Å². The van der Waals surface area contributed by atoms with Crippen molar-refractivity contribution in [1.29, 1.82) is 0 Å². The van der Waals surface area contributed by atoms with Crippen molar-refractivity contribution < 1.29 is 9.47 Å². The number of methoxy groups -OCH3 is 1. The first-order chi connectivity index (χ1) is 14.6. The molecule has 4 rings (SSSR count). The van der Waals surface area contributed by atoms with Crippen molar-refractivity contribution in [3.05, 3.63) is 68.6 Å². The summed E-state index contributed by atoms with van der Waals surface area (Å²) in [4.78, 5) is 28.7. The van der Waals surface area contributed by atoms with Gasteiger partial charge in [-0.25, -0.2) is 4.68 Å². The second-order valence-corrected chi connectivity index (χ2v) is 7.05. The van der Waals surface area contributed by atoms with E-state index >= 15 is 0 Å². The Balaban J connectivity index is 1.81. The number of benzene rings is 2. The van der Waals surface area contributed by atoms with Crippen LogP contribution in [0.3, 0.4) is 0 Å². The maximum Gasteiger partial charge on any atom is 0.278 e. The first-order valence-electron chi connectivity index (χ1n) is 9.36. The number of nitrogens with zero attached hydrogens (tertiary/aromatic N) is 3. The smallest absolute Gasteiger partial charge is 0.278 e. The van der Waals surface area contributed by atoms with Gasteiger partial charge < -0.3 is 14.5 Å². The molecule has 0 radical (unpaired) electrons. The predicted octanol–water partition coefficient (Wildman–Crippen LogP) is 2.70. The molecule has 0 amide bonds. The van der Waals surface area contributed by atoms with Crippen LogP contribution >= 0.6 is 11.6 Å². The lowest BCUT2D eigenvalue weighted by molar-refractivity contribution is 0.318. The Morgan fingerprint density at radius 2 is 1.87 bits per heavy atom. The van der Waals surface area contributed by atoms with Gasteiger partial charge in [0, 0.05) is 17.3 Å². The molecule has 1 N–H and O–H groups in total. The van der Waals surface area contributed by atoms with Crippen LogP contribution in [0.5, 0.6) is 11.5 Å². The molecule has 2 aromatic carbocycles. The highest BCUT2D eigenvalue weighted by Crippen LogP contribution is 2.18. The number of hydrogen-bond acceptors (Lipinski definition) is 6. The average Bonchev–Trinajstić information content (AvgIpc) is 3.13. The summed E-state index contributed by atoms with van der Waals surface area (Å²) < 4.78 is 12.2. The predicted molar refractivity (Wildman–Crippen MR) is 115 cm³/mol. The molecule has 2 heterocycles. The molecule has 0 saturated carbocycles. The van der Waals surface area contributed by atoms with Gasteiger partial charge in [0.2, 0.25) is 5.43 Å². The Bertz CT molecular complexity index is 1320. The van der Waals surface area contributed by atoms with Crippen molar-refractivity contribution >= 4 is 33.5 Å². The van der Waals surface area contributed by atoms with Gasteiger partial charge >= 0.3 is 0 Å². The number of hydrogen-bond donors (Lipinski definition) is 1. The third-order valence-corrected chi connectivity index (χ3v) is 4.95. The van der Waals surface area contributed by atoms with Crippen LogP contribution in [-0.4, -0.2) is 39.6 Å². The number of aromatic nitrogens is 4. The normalized spacial score (nSPS) is 11.1. The minimum Gasteiger partial charge on any atom is -0.497 e. The first-order valence-corrected chi connectivity index (χ1v) is 9.89. The molecule has 154 valence electrons. The molecule has 0 aliphatic carbocycles. The fourth-order valence-corrected chi connectivity index (χ4v) is 3.28. The highest BCUT2D eigenvalue weighted by atomic mass is 35.5. The summed E-state index contributed by atoms with van der Waals surface area (Å²) in [7, 11) is 1.59. The summed E-state index contributed by atoms with van der Waals surface area (Å²) in [5, 5.41) is 8.34. The highest BCUT2D eigenvalue weighted by Gasteiger charge is 2.14. The average molecular weight is 427 g/mol. The number of H-pyrrole nitrogens is 1. The minimum absolute atomic E-state index is 0.00526. The lowest BCUT2D eigenvalue weighted by Crippen LogP contribution is -2.10. The van der Waals surface area contributed by atoms with Crippen molar-refractivity contribution in [2.75, 3.05) is 19.6 Å². The maximum atomic E-state index is 13.2. The number of rotatable bonds is 7. The Kier molecular flexibility index (Phi) is 5.67. The van der Waals surface area contributed by atoms with E-state index in [2.05, 4.69) is 15.3 Å². The lowest BCUT2D eigenvalue weighted by atomic mass is 10.2. The molecule has 9 heteroatoms. The Morgan fingerprint density at radius 1 is 1.10 bits per heavy atom. The van der Waals surface area contributed by atoms with Crippen LogP contribution in [0, 0.1) is 0 Å². The van der Waals surface area contributed by atoms with Crippen LogP contribution in [-0.2, 0) is 6.54 Å². The van der Waals surface area contributed by atoms with Gasteiger partial charge in [0.25, 0.3) is 5.56 Å². The van der Waals surface area contributed by atoms with Gasteiger partial charge in [0.15, 0.2) is 5.52 Å². The zero-order chi connectivity index (χ0) is 21.1. The molecular formula is C21H19ClN4O4. The molecule has 8 nitrogen and oxygen atoms in total. The molecule has 0 unspecified atom stereocenters. The molecule has 4 aromatic rings. The molecule has 0 spiro atoms. The summed E-state index contributed by atoms with van der Waals surface area (Å²) in [6, 6.07) is 12.3. The van der Waals surface area contributed by atoms with Crippen LogP contribution in [0.1, 0.15) is 12.0 Å². The molecule has 2 aromatic heterocycles. The number of alkyl halides is 1. The molecule has 0 saturated heterocycles. The third kappa shape index (κ3) is 3.86. The molecular weight excluding hydrogens is 408 g/mol. The van der Waals surface area contributed by atoms with Crippen molar-refractivity contribution in [1.82, 2.24) is 20.0 Å². The summed E-state index contributed by atoms with van der Waals surface area (Å²) in [6.45, 7) is 0.739. The lowest BCUT2D eigenvalue weighted by Gasteiger charge is -2.05. The van der Waals surface area contributed by atoms with E-state index in [1.807, 2.05) is 24.3 Å². The monoisotopic (exact) mass is 426 g/mol. The number of halogens is 1. The van der Waals surface area contributed by atoms with Crippen LogP contribution in [0.2, 0.25) is 0 Å². The van der Waals surface area contributed by atoms with Crippen molar-refractivity contribution in [3.8, 4) is 11.5 Å². The van der Waals surface area contributed by atoms with Gasteiger partial charge in [-0.05, 0) is 36.2 Å². The quantitative estimate of drug-likeness (QED) is 0.360. The van der Waals surface area contributed by atoms with Gasteiger partial charge in [-0.15, -0.1) is 16.7 Å². The highest BCUT2D eigenvalue weighted by molar-refractivity contribution is 6.17. The second-order valence-electron chi connectivity index (χ2n) is 6.67. The van der Waals surface area contributed by atoms with Crippen LogP contribution in [0.4, 0.5) is 0 Å². The van der Waals surface area contributed by atoms with E-state index in [0.29, 0.717) is 42.1 Å². The Hall–Kier alpha value is -3.39. The van der Waals surface area contributed by atoms with Gasteiger partial charge in [0.05, 0.1) is 25.8 Å². The molecule has 30 heavy (non-hydrogen) atoms. The van der Waals surface area contributed by atoms with Crippen molar-refractivity contribution in [2.24, 2.45) is 0 Å². The molecule has 0 aliphatic rings. The number of fused-ring (bicyclic) bond motifs is 2. The van der Waals surface area contributed by atoms with Gasteiger partial charge in [-0.2, -0.15) is 0 Å². The fourth-order valence-electron chi connectivity index (χ4n) is 3.17. The molecule has 0 fully saturated rings. The van der Waals surface area contributed by atoms with Gasteiger partial charge in [-0.3, -0.25) is 9.59 Å². The second kappa shape index (κ2) is 8.54. The molecule has 0 atom stereocenters. The van der Waals surface area contributed by atoms with Crippen LogP contribution in [0.25, 0.3) is 21.9 Å². The van der Waals surface area contributed by atoms with Crippen molar-refractivity contribution in [2.45, 2.75) is 13.0 Å². The standard InChI is InChI=1S/C21H19ClN4O4/c1-29-14-5-3-13(4-6-14)12-26-19-18(24-25-26)21(28)23-17-11-15(30-10-2-9-22)7-8-16(17)20(19)27/h3-8,11H,2,9-10,12H2,1H3,(H,23,28). The summed E-state index contributed by atoms with van der Waals surface area (Å²) in [6.07, 6.45) is 0.695. The number of nitrogens with one attached hydrogen (secondary N) is 1. The fraction of sp³-hybridized carbons (Fsp3) is 0.238.